The molecule has 2 heterocycles. The molecule has 1 aromatic heterocycles. The van der Waals surface area contributed by atoms with E-state index in [2.05, 4.69) is 15.0 Å². The standard InChI is InChI=1S/C9H11FN6O4.ClH/c10-5-6(18)9(3-17,14-15-12)20-7(5)16-2-1-4(11)13-8(16)19;/h1-2,5-7,17-18H,3H2,(H2,11,13,19);1H. The van der Waals surface area contributed by atoms with Crippen molar-refractivity contribution in [3.05, 3.63) is 33.2 Å². The number of nitrogens with two attached hydrogens (primary N) is 1. The Morgan fingerprint density at radius 2 is 2.38 bits per heavy atom. The van der Waals surface area contributed by atoms with Gasteiger partial charge in [-0.15, -0.1) is 12.4 Å². The highest BCUT2D eigenvalue weighted by Crippen LogP contribution is 2.39. The number of hydrogen-bond donors (Lipinski definition) is 3. The second-order valence-electron chi connectivity index (χ2n) is 4.13. The second kappa shape index (κ2) is 6.24. The maximum absolute atomic E-state index is 14.1. The van der Waals surface area contributed by atoms with Crippen molar-refractivity contribution in [3.8, 4) is 0 Å². The molecule has 0 saturated carbocycles. The summed E-state index contributed by atoms with van der Waals surface area (Å²) in [5.41, 5.74) is 10.6. The third-order valence-electron chi connectivity index (χ3n) is 2.93. The maximum Gasteiger partial charge on any atom is 0.351 e. The molecule has 1 saturated heterocycles. The number of anilines is 1. The SMILES string of the molecule is Cl.[N-]=[N+]=NC1(CO)OC(n2ccc(N)nc2=O)C(F)C1O. The lowest BCUT2D eigenvalue weighted by molar-refractivity contribution is -0.124. The molecule has 116 valence electrons. The van der Waals surface area contributed by atoms with Gasteiger partial charge in [-0.3, -0.25) is 4.57 Å². The number of nitrogens with zero attached hydrogens (tertiary/aromatic N) is 5. The summed E-state index contributed by atoms with van der Waals surface area (Å²) in [5, 5.41) is 22.0. The number of aliphatic hydroxyl groups excluding tert-OH is 2. The fourth-order valence-corrected chi connectivity index (χ4v) is 1.90. The number of alkyl halides is 1. The van der Waals surface area contributed by atoms with Crippen molar-refractivity contribution in [3.63, 3.8) is 0 Å². The minimum atomic E-state index is -2.19. The normalized spacial score (nSPS) is 31.3. The number of aliphatic hydroxyl groups is 2. The van der Waals surface area contributed by atoms with Gasteiger partial charge in [0.1, 0.15) is 11.9 Å². The Morgan fingerprint density at radius 3 is 2.90 bits per heavy atom. The molecule has 2 rings (SSSR count). The van der Waals surface area contributed by atoms with Crippen LogP contribution in [-0.2, 0) is 4.74 Å². The molecular weight excluding hydrogens is 311 g/mol. The Kier molecular flexibility index (Phi) is 5.10. The van der Waals surface area contributed by atoms with Crippen molar-refractivity contribution in [2.75, 3.05) is 12.3 Å². The van der Waals surface area contributed by atoms with Gasteiger partial charge in [-0.05, 0) is 11.6 Å². The molecule has 10 nitrogen and oxygen atoms in total. The monoisotopic (exact) mass is 322 g/mol. The lowest BCUT2D eigenvalue weighted by Gasteiger charge is -2.23. The highest BCUT2D eigenvalue weighted by atomic mass is 35.5. The molecule has 4 unspecified atom stereocenters. The van der Waals surface area contributed by atoms with Crippen LogP contribution in [0.1, 0.15) is 6.23 Å². The summed E-state index contributed by atoms with van der Waals surface area (Å²) in [5.74, 6) is -0.0660. The summed E-state index contributed by atoms with van der Waals surface area (Å²) in [6.45, 7) is -0.952. The van der Waals surface area contributed by atoms with Crippen LogP contribution in [0.4, 0.5) is 10.2 Å². The van der Waals surface area contributed by atoms with Crippen molar-refractivity contribution in [2.45, 2.75) is 24.2 Å². The fraction of sp³-hybridized carbons (Fsp3) is 0.556. The third-order valence-corrected chi connectivity index (χ3v) is 2.93. The molecule has 12 heteroatoms. The van der Waals surface area contributed by atoms with Crippen LogP contribution in [0.2, 0.25) is 0 Å². The first-order valence-corrected chi connectivity index (χ1v) is 5.47. The van der Waals surface area contributed by atoms with Gasteiger partial charge in [-0.25, -0.2) is 9.18 Å². The topological polar surface area (TPSA) is 159 Å². The largest absolute Gasteiger partial charge is 0.393 e. The van der Waals surface area contributed by atoms with Crippen LogP contribution in [0.15, 0.2) is 22.2 Å². The van der Waals surface area contributed by atoms with Crippen molar-refractivity contribution in [2.24, 2.45) is 5.11 Å². The number of rotatable bonds is 3. The Hall–Kier alpha value is -1.91. The number of azide groups is 1. The van der Waals surface area contributed by atoms with E-state index in [9.17, 15) is 19.4 Å². The predicted molar refractivity (Wildman–Crippen MR) is 70.1 cm³/mol. The van der Waals surface area contributed by atoms with Crippen LogP contribution in [0.25, 0.3) is 10.4 Å². The van der Waals surface area contributed by atoms with Crippen LogP contribution in [0.3, 0.4) is 0 Å². The van der Waals surface area contributed by atoms with Gasteiger partial charge in [0.15, 0.2) is 12.4 Å². The average Bonchev–Trinajstić information content (AvgIpc) is 2.65. The van der Waals surface area contributed by atoms with Gasteiger partial charge < -0.3 is 20.7 Å². The summed E-state index contributed by atoms with van der Waals surface area (Å²) < 4.78 is 19.9. The first-order chi connectivity index (χ1) is 9.45. The zero-order valence-corrected chi connectivity index (χ0v) is 11.2. The van der Waals surface area contributed by atoms with E-state index >= 15 is 0 Å². The van der Waals surface area contributed by atoms with E-state index in [4.69, 9.17) is 16.0 Å². The fourth-order valence-electron chi connectivity index (χ4n) is 1.90. The average molecular weight is 323 g/mol. The van der Waals surface area contributed by atoms with Crippen LogP contribution in [0.5, 0.6) is 0 Å². The van der Waals surface area contributed by atoms with E-state index in [0.29, 0.717) is 0 Å². The van der Waals surface area contributed by atoms with Gasteiger partial charge in [-0.1, -0.05) is 5.11 Å². The summed E-state index contributed by atoms with van der Waals surface area (Å²) in [6.07, 6.45) is -4.50. The zero-order chi connectivity index (χ0) is 14.9. The molecule has 1 aromatic rings. The smallest absolute Gasteiger partial charge is 0.351 e. The molecule has 0 amide bonds. The molecule has 0 spiro atoms. The Morgan fingerprint density at radius 1 is 1.71 bits per heavy atom. The lowest BCUT2D eigenvalue weighted by atomic mass is 10.1. The molecular formula is C9H12ClFN6O4. The summed E-state index contributed by atoms with van der Waals surface area (Å²) >= 11 is 0. The maximum atomic E-state index is 14.1. The van der Waals surface area contributed by atoms with Gasteiger partial charge in [0.2, 0.25) is 5.72 Å². The van der Waals surface area contributed by atoms with E-state index < -0.39 is 36.5 Å². The van der Waals surface area contributed by atoms with Crippen LogP contribution < -0.4 is 11.4 Å². The molecule has 0 bridgehead atoms. The molecule has 1 fully saturated rings. The summed E-state index contributed by atoms with van der Waals surface area (Å²) in [4.78, 5) is 17.4. The number of aromatic nitrogens is 2. The van der Waals surface area contributed by atoms with E-state index in [1.54, 1.807) is 0 Å². The molecule has 1 aliphatic rings. The van der Waals surface area contributed by atoms with E-state index in [1.165, 1.54) is 6.07 Å². The molecule has 0 aliphatic carbocycles. The highest BCUT2D eigenvalue weighted by molar-refractivity contribution is 5.85. The Labute approximate surface area is 123 Å². The number of nitrogen functional groups attached to an aromatic ring is 1. The van der Waals surface area contributed by atoms with E-state index in [1.807, 2.05) is 0 Å². The summed E-state index contributed by atoms with van der Waals surface area (Å²) in [7, 11) is 0. The molecule has 1 aliphatic heterocycles. The van der Waals surface area contributed by atoms with Gasteiger partial charge in [0.05, 0.1) is 6.61 Å². The lowest BCUT2D eigenvalue weighted by Crippen LogP contribution is -2.43. The van der Waals surface area contributed by atoms with Crippen molar-refractivity contribution in [1.82, 2.24) is 9.55 Å². The van der Waals surface area contributed by atoms with Crippen LogP contribution in [0, 0.1) is 0 Å². The van der Waals surface area contributed by atoms with Crippen LogP contribution >= 0.6 is 12.4 Å². The van der Waals surface area contributed by atoms with E-state index in [-0.39, 0.29) is 18.2 Å². The van der Waals surface area contributed by atoms with Crippen molar-refractivity contribution >= 4 is 18.2 Å². The van der Waals surface area contributed by atoms with Gasteiger partial charge >= 0.3 is 5.69 Å². The van der Waals surface area contributed by atoms with Gasteiger partial charge in [0.25, 0.3) is 0 Å². The Bertz CT molecular complexity index is 623. The first-order valence-electron chi connectivity index (χ1n) is 5.47. The van der Waals surface area contributed by atoms with E-state index in [0.717, 1.165) is 10.8 Å². The third kappa shape index (κ3) is 2.77. The minimum absolute atomic E-state index is 0. The van der Waals surface area contributed by atoms with Gasteiger partial charge in [-0.2, -0.15) is 4.98 Å². The quantitative estimate of drug-likeness (QED) is 0.385. The molecule has 0 radical (unpaired) electrons. The highest BCUT2D eigenvalue weighted by Gasteiger charge is 2.56. The Balaban J connectivity index is 0.00000220. The van der Waals surface area contributed by atoms with Gasteiger partial charge in [0, 0.05) is 11.1 Å². The summed E-state index contributed by atoms with van der Waals surface area (Å²) in [6, 6.07) is 1.23. The number of halogens is 2. The predicted octanol–water partition coefficient (Wildman–Crippen LogP) is -0.526. The minimum Gasteiger partial charge on any atom is -0.393 e. The molecule has 4 atom stereocenters. The first kappa shape index (κ1) is 17.1. The molecule has 21 heavy (non-hydrogen) atoms. The number of hydrogen-bond acceptors (Lipinski definition) is 7. The molecule has 4 N–H and O–H groups in total. The van der Waals surface area contributed by atoms with Crippen molar-refractivity contribution < 1.29 is 19.3 Å². The second-order valence-corrected chi connectivity index (χ2v) is 4.13. The molecule has 0 aromatic carbocycles. The zero-order valence-electron chi connectivity index (χ0n) is 10.4. The van der Waals surface area contributed by atoms with Crippen molar-refractivity contribution in [1.29, 1.82) is 0 Å². The van der Waals surface area contributed by atoms with Crippen LogP contribution in [-0.4, -0.2) is 44.4 Å². The number of ether oxygens (including phenoxy) is 1.